The van der Waals surface area contributed by atoms with Crippen LogP contribution in [0.15, 0.2) is 41.1 Å². The number of amides is 1. The molecular weight excluding hydrogens is 258 g/mol. The fraction of sp³-hybridized carbons (Fsp3) is 0.421. The predicted molar refractivity (Wildman–Crippen MR) is 86.8 cm³/mol. The third-order valence-electron chi connectivity index (χ3n) is 5.16. The van der Waals surface area contributed by atoms with Gasteiger partial charge in [-0.15, -0.1) is 0 Å². The third-order valence-corrected chi connectivity index (χ3v) is 5.16. The fourth-order valence-electron chi connectivity index (χ4n) is 3.44. The van der Waals surface area contributed by atoms with E-state index in [9.17, 15) is 4.79 Å². The Kier molecular flexibility index (Phi) is 3.48. The van der Waals surface area contributed by atoms with Crippen LogP contribution in [-0.4, -0.2) is 5.91 Å². The van der Waals surface area contributed by atoms with E-state index < -0.39 is 0 Å². The molecule has 1 aliphatic carbocycles. The van der Waals surface area contributed by atoms with E-state index in [1.165, 1.54) is 36.8 Å². The molecule has 1 aromatic rings. The van der Waals surface area contributed by atoms with Crippen LogP contribution in [0, 0.1) is 0 Å². The molecule has 2 aliphatic rings. The summed E-state index contributed by atoms with van der Waals surface area (Å²) >= 11 is 0. The molecule has 0 aromatic heterocycles. The summed E-state index contributed by atoms with van der Waals surface area (Å²) in [6, 6.07) is 8.77. The van der Waals surface area contributed by atoms with Crippen LogP contribution < -0.4 is 5.32 Å². The first-order valence-corrected chi connectivity index (χ1v) is 7.81. The van der Waals surface area contributed by atoms with Crippen molar-refractivity contribution >= 4 is 12.0 Å². The first-order valence-electron chi connectivity index (χ1n) is 7.81. The number of hydrogen-bond donors (Lipinski definition) is 1. The van der Waals surface area contributed by atoms with E-state index >= 15 is 0 Å². The van der Waals surface area contributed by atoms with Crippen LogP contribution in [0.5, 0.6) is 0 Å². The van der Waals surface area contributed by atoms with Crippen molar-refractivity contribution in [1.29, 1.82) is 0 Å². The van der Waals surface area contributed by atoms with Gasteiger partial charge in [0, 0.05) is 11.3 Å². The van der Waals surface area contributed by atoms with Gasteiger partial charge in [0.1, 0.15) is 0 Å². The zero-order chi connectivity index (χ0) is 15.0. The maximum Gasteiger partial charge on any atom is 0.251 e. The first-order chi connectivity index (χ1) is 9.99. The Morgan fingerprint density at radius 1 is 1.14 bits per heavy atom. The monoisotopic (exact) mass is 281 g/mol. The zero-order valence-corrected chi connectivity index (χ0v) is 13.1. The highest BCUT2D eigenvalue weighted by atomic mass is 16.1. The first kappa shape index (κ1) is 14.1. The summed E-state index contributed by atoms with van der Waals surface area (Å²) in [7, 11) is 0. The highest BCUT2D eigenvalue weighted by Crippen LogP contribution is 2.40. The normalized spacial score (nSPS) is 23.0. The zero-order valence-electron chi connectivity index (χ0n) is 13.1. The smallest absolute Gasteiger partial charge is 0.251 e. The van der Waals surface area contributed by atoms with Gasteiger partial charge in [-0.2, -0.15) is 0 Å². The lowest BCUT2D eigenvalue weighted by Gasteiger charge is -2.24. The molecule has 0 unspecified atom stereocenters. The summed E-state index contributed by atoms with van der Waals surface area (Å²) in [4.78, 5) is 11.7. The number of benzene rings is 1. The molecule has 2 heteroatoms. The van der Waals surface area contributed by atoms with Gasteiger partial charge in [-0.1, -0.05) is 44.0 Å². The van der Waals surface area contributed by atoms with Gasteiger partial charge in [0.15, 0.2) is 0 Å². The van der Waals surface area contributed by atoms with Gasteiger partial charge in [0.25, 0.3) is 5.91 Å². The molecular formula is C19H23NO. The van der Waals surface area contributed by atoms with E-state index in [1.807, 2.05) is 13.8 Å². The Labute approximate surface area is 126 Å². The van der Waals surface area contributed by atoms with E-state index in [-0.39, 0.29) is 5.91 Å². The minimum Gasteiger partial charge on any atom is -0.322 e. The number of nitrogens with one attached hydrogen (secondary N) is 1. The van der Waals surface area contributed by atoms with Gasteiger partial charge in [0.2, 0.25) is 0 Å². The van der Waals surface area contributed by atoms with Gasteiger partial charge in [-0.05, 0) is 54.9 Å². The Balaban J connectivity index is 1.93. The van der Waals surface area contributed by atoms with Crippen molar-refractivity contribution in [2.24, 2.45) is 0 Å². The molecule has 1 amide bonds. The highest BCUT2D eigenvalue weighted by molar-refractivity contribution is 6.00. The lowest BCUT2D eigenvalue weighted by molar-refractivity contribution is -0.116. The summed E-state index contributed by atoms with van der Waals surface area (Å²) in [5.41, 5.74) is 5.74. The summed E-state index contributed by atoms with van der Waals surface area (Å²) in [6.07, 6.45) is 7.31. The van der Waals surface area contributed by atoms with Crippen molar-refractivity contribution < 1.29 is 4.79 Å². The Morgan fingerprint density at radius 2 is 1.86 bits per heavy atom. The number of allylic oxidation sites excluding steroid dienone is 1. The average molecular weight is 281 g/mol. The fourth-order valence-corrected chi connectivity index (χ4v) is 3.44. The molecule has 0 spiro atoms. The second-order valence-corrected chi connectivity index (χ2v) is 6.66. The summed E-state index contributed by atoms with van der Waals surface area (Å²) in [5.74, 6) is 0.0256. The van der Waals surface area contributed by atoms with Crippen molar-refractivity contribution in [3.63, 3.8) is 0 Å². The third kappa shape index (κ3) is 2.55. The minimum absolute atomic E-state index is 0.0256. The van der Waals surface area contributed by atoms with Crippen molar-refractivity contribution in [3.05, 3.63) is 52.2 Å². The van der Waals surface area contributed by atoms with Gasteiger partial charge >= 0.3 is 0 Å². The van der Waals surface area contributed by atoms with Crippen LogP contribution >= 0.6 is 0 Å². The largest absolute Gasteiger partial charge is 0.322 e. The van der Waals surface area contributed by atoms with Crippen LogP contribution in [0.4, 0.5) is 0 Å². The van der Waals surface area contributed by atoms with Crippen molar-refractivity contribution in [1.82, 2.24) is 5.32 Å². The minimum atomic E-state index is 0.0256. The van der Waals surface area contributed by atoms with Gasteiger partial charge in [-0.25, -0.2) is 0 Å². The van der Waals surface area contributed by atoms with E-state index in [4.69, 9.17) is 0 Å². The molecule has 1 heterocycles. The van der Waals surface area contributed by atoms with E-state index in [2.05, 4.69) is 42.6 Å². The Bertz CT molecular complexity index is 645. The summed E-state index contributed by atoms with van der Waals surface area (Å²) < 4.78 is 0. The van der Waals surface area contributed by atoms with Crippen molar-refractivity contribution in [2.75, 3.05) is 0 Å². The van der Waals surface area contributed by atoms with E-state index in [1.54, 1.807) is 0 Å². The van der Waals surface area contributed by atoms with E-state index in [0.29, 0.717) is 5.41 Å². The second-order valence-electron chi connectivity index (χ2n) is 6.66. The summed E-state index contributed by atoms with van der Waals surface area (Å²) in [5, 5.41) is 2.95. The molecule has 0 bridgehead atoms. The molecule has 0 radical (unpaired) electrons. The van der Waals surface area contributed by atoms with Crippen LogP contribution in [0.25, 0.3) is 6.08 Å². The number of rotatable bonds is 2. The van der Waals surface area contributed by atoms with Crippen molar-refractivity contribution in [2.45, 2.75) is 51.9 Å². The molecule has 0 saturated heterocycles. The quantitative estimate of drug-likeness (QED) is 0.859. The van der Waals surface area contributed by atoms with Crippen LogP contribution in [0.2, 0.25) is 0 Å². The maximum absolute atomic E-state index is 11.7. The standard InChI is InChI=1S/C19H23NO/c1-13-14(2)18(21)20-17(13)12-15-7-6-8-16(11-15)19(3)9-4-5-10-19/h6-8,11-12H,4-5,9-10H2,1-3H3,(H,20,21). The molecule has 1 aliphatic heterocycles. The molecule has 1 fully saturated rings. The summed E-state index contributed by atoms with van der Waals surface area (Å²) in [6.45, 7) is 6.25. The Morgan fingerprint density at radius 3 is 2.48 bits per heavy atom. The molecule has 1 saturated carbocycles. The lowest BCUT2D eigenvalue weighted by Crippen LogP contribution is -2.17. The van der Waals surface area contributed by atoms with Gasteiger partial charge < -0.3 is 5.32 Å². The molecule has 0 atom stereocenters. The van der Waals surface area contributed by atoms with Crippen LogP contribution in [0.3, 0.4) is 0 Å². The van der Waals surface area contributed by atoms with Crippen molar-refractivity contribution in [3.8, 4) is 0 Å². The second kappa shape index (κ2) is 5.18. The maximum atomic E-state index is 11.7. The predicted octanol–water partition coefficient (Wildman–Crippen LogP) is 4.33. The van der Waals surface area contributed by atoms with Gasteiger partial charge in [0.05, 0.1) is 0 Å². The topological polar surface area (TPSA) is 29.1 Å². The van der Waals surface area contributed by atoms with Crippen LogP contribution in [0.1, 0.15) is 57.6 Å². The van der Waals surface area contributed by atoms with Crippen LogP contribution in [-0.2, 0) is 10.2 Å². The lowest BCUT2D eigenvalue weighted by atomic mass is 9.80. The SMILES string of the molecule is CC1=C(C)C(=Cc2cccc(C3(C)CCCC3)c2)NC1=O. The molecule has 21 heavy (non-hydrogen) atoms. The number of carbonyl (C=O) groups excluding carboxylic acids is 1. The average Bonchev–Trinajstić information content (AvgIpc) is 3.01. The highest BCUT2D eigenvalue weighted by Gasteiger charge is 2.30. The molecule has 2 nitrogen and oxygen atoms in total. The molecule has 1 aromatic carbocycles. The molecule has 110 valence electrons. The van der Waals surface area contributed by atoms with Gasteiger partial charge in [-0.3, -0.25) is 4.79 Å². The number of hydrogen-bond acceptors (Lipinski definition) is 1. The number of carbonyl (C=O) groups is 1. The molecule has 3 rings (SSSR count). The Hall–Kier alpha value is -1.83. The molecule has 1 N–H and O–H groups in total. The van der Waals surface area contributed by atoms with E-state index in [0.717, 1.165) is 16.8 Å².